The summed E-state index contributed by atoms with van der Waals surface area (Å²) in [6.45, 7) is 1.91. The van der Waals surface area contributed by atoms with E-state index in [1.165, 1.54) is 0 Å². The minimum absolute atomic E-state index is 0.260. The summed E-state index contributed by atoms with van der Waals surface area (Å²) in [5.41, 5.74) is 9.01. The Bertz CT molecular complexity index is 1380. The summed E-state index contributed by atoms with van der Waals surface area (Å²) >= 11 is 0. The van der Waals surface area contributed by atoms with Crippen LogP contribution in [0.3, 0.4) is 0 Å². The van der Waals surface area contributed by atoms with E-state index in [9.17, 15) is 10.5 Å². The Morgan fingerprint density at radius 2 is 2.00 bits per heavy atom. The molecule has 0 saturated heterocycles. The van der Waals surface area contributed by atoms with Crippen LogP contribution >= 0.6 is 0 Å². The first-order valence-electron chi connectivity index (χ1n) is 9.84. The normalized spacial score (nSPS) is 22.7. The van der Waals surface area contributed by atoms with Crippen molar-refractivity contribution in [2.24, 2.45) is 12.5 Å². The van der Waals surface area contributed by atoms with Crippen molar-refractivity contribution in [1.82, 2.24) is 34.2 Å². The Hall–Kier alpha value is -4.18. The lowest BCUT2D eigenvalue weighted by Gasteiger charge is -2.50. The zero-order valence-corrected chi connectivity index (χ0v) is 17.2. The number of anilines is 1. The van der Waals surface area contributed by atoms with Crippen molar-refractivity contribution >= 4 is 11.3 Å². The van der Waals surface area contributed by atoms with Gasteiger partial charge in [-0.15, -0.1) is 0 Å². The van der Waals surface area contributed by atoms with Gasteiger partial charge in [-0.2, -0.15) is 25.8 Å². The molecule has 4 aromatic rings. The van der Waals surface area contributed by atoms with Crippen LogP contribution in [0, 0.1) is 28.1 Å². The number of hydrogen-bond donors (Lipinski definition) is 1. The van der Waals surface area contributed by atoms with Gasteiger partial charge in [-0.25, -0.2) is 9.50 Å². The summed E-state index contributed by atoms with van der Waals surface area (Å²) in [6.07, 6.45) is 10.4. The second-order valence-corrected chi connectivity index (χ2v) is 8.50. The molecular weight excluding hydrogens is 392 g/mol. The number of nitrogens with zero attached hydrogens (tertiary/aromatic N) is 9. The summed E-state index contributed by atoms with van der Waals surface area (Å²) in [6, 6.07) is 6.46. The van der Waals surface area contributed by atoms with E-state index in [-0.39, 0.29) is 6.42 Å². The van der Waals surface area contributed by atoms with E-state index in [1.807, 2.05) is 38.6 Å². The molecule has 0 amide bonds. The van der Waals surface area contributed by atoms with E-state index in [0.717, 1.165) is 11.1 Å². The monoisotopic (exact) mass is 412 g/mol. The minimum atomic E-state index is -0.539. The summed E-state index contributed by atoms with van der Waals surface area (Å²) < 4.78 is 5.22. The number of hydrogen-bond acceptors (Lipinski definition) is 7. The molecule has 2 N–H and O–H groups in total. The van der Waals surface area contributed by atoms with Crippen molar-refractivity contribution in [2.45, 2.75) is 31.7 Å². The van der Waals surface area contributed by atoms with Crippen molar-refractivity contribution in [1.29, 1.82) is 10.5 Å². The molecule has 1 saturated carbocycles. The van der Waals surface area contributed by atoms with Crippen LogP contribution in [0.4, 0.5) is 5.82 Å². The van der Waals surface area contributed by atoms with Crippen LogP contribution in [0.5, 0.6) is 0 Å². The fourth-order valence-corrected chi connectivity index (χ4v) is 4.63. The second-order valence-electron chi connectivity index (χ2n) is 8.50. The van der Waals surface area contributed by atoms with Crippen LogP contribution < -0.4 is 5.73 Å². The standard InChI is InChI=1S/C21H20N10/c1-20(13-23)11-21(12-20,4-5-22)31-9-15(19(24)28-31)18-17-3-6-25-30(17)10-16(27-18)14-7-26-29(2)8-14/h3,6-10H,4,11-12H2,1-2H3,(H2,24,28)/t20-,21-. The molecule has 1 aliphatic rings. The topological polar surface area (TPSA) is 139 Å². The third-order valence-corrected chi connectivity index (χ3v) is 5.99. The first-order chi connectivity index (χ1) is 14.9. The smallest absolute Gasteiger partial charge is 0.155 e. The quantitative estimate of drug-likeness (QED) is 0.543. The van der Waals surface area contributed by atoms with E-state index in [2.05, 4.69) is 27.4 Å². The highest BCUT2D eigenvalue weighted by Gasteiger charge is 2.54. The molecule has 1 fully saturated rings. The fraction of sp³-hybridized carbons (Fsp3) is 0.333. The van der Waals surface area contributed by atoms with Crippen LogP contribution in [-0.2, 0) is 12.6 Å². The van der Waals surface area contributed by atoms with E-state index in [1.54, 1.807) is 26.3 Å². The van der Waals surface area contributed by atoms with Crippen molar-refractivity contribution in [3.63, 3.8) is 0 Å². The first kappa shape index (κ1) is 18.8. The molecule has 10 heteroatoms. The largest absolute Gasteiger partial charge is 0.382 e. The molecule has 1 aliphatic carbocycles. The third-order valence-electron chi connectivity index (χ3n) is 5.99. The van der Waals surface area contributed by atoms with Gasteiger partial charge in [0, 0.05) is 25.0 Å². The maximum Gasteiger partial charge on any atom is 0.155 e. The fourth-order valence-electron chi connectivity index (χ4n) is 4.63. The molecule has 31 heavy (non-hydrogen) atoms. The first-order valence-corrected chi connectivity index (χ1v) is 9.84. The highest BCUT2D eigenvalue weighted by molar-refractivity contribution is 5.83. The van der Waals surface area contributed by atoms with Crippen molar-refractivity contribution in [3.8, 4) is 34.7 Å². The van der Waals surface area contributed by atoms with Crippen LogP contribution in [0.15, 0.2) is 37.1 Å². The van der Waals surface area contributed by atoms with E-state index >= 15 is 0 Å². The Morgan fingerprint density at radius 1 is 1.19 bits per heavy atom. The maximum atomic E-state index is 9.45. The SMILES string of the molecule is Cn1cc(-c2cn3nccc3c(-c3cn([C@]4(CC#N)C[C@@](C)(C#N)C4)nc3N)n2)cn1. The molecule has 4 aromatic heterocycles. The zero-order valence-electron chi connectivity index (χ0n) is 17.2. The summed E-state index contributed by atoms with van der Waals surface area (Å²) in [7, 11) is 1.85. The number of nitrogen functional groups attached to an aromatic ring is 1. The maximum absolute atomic E-state index is 9.45. The molecule has 0 unspecified atom stereocenters. The van der Waals surface area contributed by atoms with Gasteiger partial charge in [0.2, 0.25) is 0 Å². The molecule has 0 atom stereocenters. The molecule has 0 aliphatic heterocycles. The highest BCUT2D eigenvalue weighted by atomic mass is 15.3. The van der Waals surface area contributed by atoms with Gasteiger partial charge in [-0.3, -0.25) is 9.36 Å². The summed E-state index contributed by atoms with van der Waals surface area (Å²) in [5, 5.41) is 32.0. The molecule has 0 spiro atoms. The Morgan fingerprint density at radius 3 is 2.68 bits per heavy atom. The summed E-state index contributed by atoms with van der Waals surface area (Å²) in [4.78, 5) is 4.85. The van der Waals surface area contributed by atoms with Gasteiger partial charge in [0.15, 0.2) is 5.82 Å². The molecule has 0 aromatic carbocycles. The average Bonchev–Trinajstić information content (AvgIpc) is 3.45. The van der Waals surface area contributed by atoms with Gasteiger partial charge < -0.3 is 5.73 Å². The van der Waals surface area contributed by atoms with Crippen molar-refractivity contribution in [3.05, 3.63) is 37.1 Å². The predicted molar refractivity (Wildman–Crippen MR) is 112 cm³/mol. The Balaban J connectivity index is 1.64. The zero-order chi connectivity index (χ0) is 21.8. The van der Waals surface area contributed by atoms with Gasteiger partial charge in [0.05, 0.1) is 64.9 Å². The lowest BCUT2D eigenvalue weighted by molar-refractivity contribution is 0.0201. The molecule has 4 heterocycles. The van der Waals surface area contributed by atoms with Gasteiger partial charge in [0.1, 0.15) is 5.69 Å². The van der Waals surface area contributed by atoms with Gasteiger partial charge in [0.25, 0.3) is 0 Å². The molecule has 5 rings (SSSR count). The van der Waals surface area contributed by atoms with Gasteiger partial charge in [-0.05, 0) is 25.8 Å². The van der Waals surface area contributed by atoms with Crippen LogP contribution in [0.2, 0.25) is 0 Å². The van der Waals surface area contributed by atoms with Crippen LogP contribution in [0.25, 0.3) is 28.0 Å². The molecule has 154 valence electrons. The number of fused-ring (bicyclic) bond motifs is 1. The molecule has 0 bridgehead atoms. The Kier molecular flexibility index (Phi) is 3.89. The number of aromatic nitrogens is 7. The van der Waals surface area contributed by atoms with E-state index < -0.39 is 11.0 Å². The predicted octanol–water partition coefficient (Wildman–Crippen LogP) is 2.51. The lowest BCUT2D eigenvalue weighted by Crippen LogP contribution is -2.51. The lowest BCUT2D eigenvalue weighted by atomic mass is 9.58. The number of nitrogens with two attached hydrogens (primary N) is 1. The molecule has 0 radical (unpaired) electrons. The summed E-state index contributed by atoms with van der Waals surface area (Å²) in [5.74, 6) is 0.321. The molecule has 10 nitrogen and oxygen atoms in total. The number of nitriles is 2. The van der Waals surface area contributed by atoms with Crippen LogP contribution in [0.1, 0.15) is 26.2 Å². The van der Waals surface area contributed by atoms with Gasteiger partial charge >= 0.3 is 0 Å². The molecular formula is C21H20N10. The Labute approximate surface area is 178 Å². The van der Waals surface area contributed by atoms with Crippen molar-refractivity contribution < 1.29 is 0 Å². The second kappa shape index (κ2) is 6.41. The van der Waals surface area contributed by atoms with Crippen LogP contribution in [-0.4, -0.2) is 34.2 Å². The number of rotatable bonds is 4. The van der Waals surface area contributed by atoms with Crippen molar-refractivity contribution in [2.75, 3.05) is 5.73 Å². The van der Waals surface area contributed by atoms with E-state index in [4.69, 9.17) is 10.7 Å². The number of aryl methyl sites for hydroxylation is 1. The average molecular weight is 412 g/mol. The third kappa shape index (κ3) is 2.84. The minimum Gasteiger partial charge on any atom is -0.382 e. The van der Waals surface area contributed by atoms with Gasteiger partial charge in [-0.1, -0.05) is 0 Å². The highest BCUT2D eigenvalue weighted by Crippen LogP contribution is 2.54. The van der Waals surface area contributed by atoms with E-state index in [0.29, 0.717) is 35.6 Å².